The molecule has 0 atom stereocenters. The van der Waals surface area contributed by atoms with Crippen molar-refractivity contribution in [2.75, 3.05) is 33.9 Å². The molecule has 0 aliphatic rings. The summed E-state index contributed by atoms with van der Waals surface area (Å²) in [7, 11) is 2.78. The van der Waals surface area contributed by atoms with Crippen LogP contribution in [0.5, 0.6) is 0 Å². The first kappa shape index (κ1) is 17.6. The first-order valence-electron chi connectivity index (χ1n) is 6.29. The molecular formula is C14H17BrFNO4. The molecular weight excluding hydrogens is 345 g/mol. The third-order valence-corrected chi connectivity index (χ3v) is 3.32. The third-order valence-electron chi connectivity index (χ3n) is 2.83. The van der Waals surface area contributed by atoms with E-state index in [-0.39, 0.29) is 25.1 Å². The van der Waals surface area contributed by atoms with Gasteiger partial charge in [-0.15, -0.1) is 0 Å². The second-order valence-corrected chi connectivity index (χ2v) is 5.15. The van der Waals surface area contributed by atoms with Crippen LogP contribution in [0.4, 0.5) is 4.39 Å². The Kier molecular flexibility index (Phi) is 7.31. The summed E-state index contributed by atoms with van der Waals surface area (Å²) in [6.07, 6.45) is 0.0457. The molecule has 1 aromatic rings. The molecule has 116 valence electrons. The van der Waals surface area contributed by atoms with Gasteiger partial charge in [-0.3, -0.25) is 9.59 Å². The molecule has 21 heavy (non-hydrogen) atoms. The molecule has 0 fully saturated rings. The number of nitrogens with zero attached hydrogens (tertiary/aromatic N) is 1. The molecule has 0 saturated heterocycles. The van der Waals surface area contributed by atoms with Gasteiger partial charge in [0, 0.05) is 24.7 Å². The van der Waals surface area contributed by atoms with Gasteiger partial charge in [-0.25, -0.2) is 4.39 Å². The second-order valence-electron chi connectivity index (χ2n) is 4.24. The summed E-state index contributed by atoms with van der Waals surface area (Å²) in [4.78, 5) is 24.9. The molecule has 1 aromatic carbocycles. The smallest absolute Gasteiger partial charge is 0.307 e. The van der Waals surface area contributed by atoms with Crippen molar-refractivity contribution in [3.05, 3.63) is 34.1 Å². The Labute approximate surface area is 131 Å². The summed E-state index contributed by atoms with van der Waals surface area (Å²) in [5.41, 5.74) is -0.0424. The number of hydrogen-bond acceptors (Lipinski definition) is 4. The lowest BCUT2D eigenvalue weighted by atomic mass is 10.2. The molecule has 0 radical (unpaired) electrons. The van der Waals surface area contributed by atoms with Crippen molar-refractivity contribution < 1.29 is 23.5 Å². The number of hydrogen-bond donors (Lipinski definition) is 0. The van der Waals surface area contributed by atoms with Gasteiger partial charge in [-0.2, -0.15) is 0 Å². The Hall–Kier alpha value is -1.47. The standard InChI is InChI=1S/C14H17BrFNO4/c1-20-8-7-17(6-5-13(18)21-2)14(19)11-4-3-10(15)9-12(11)16/h3-4,9H,5-8H2,1-2H3. The monoisotopic (exact) mass is 361 g/mol. The summed E-state index contributed by atoms with van der Waals surface area (Å²) in [6.45, 7) is 0.706. The maximum atomic E-state index is 13.8. The van der Waals surface area contributed by atoms with E-state index in [1.54, 1.807) is 6.07 Å². The van der Waals surface area contributed by atoms with Crippen molar-refractivity contribution in [2.45, 2.75) is 6.42 Å². The summed E-state index contributed by atoms with van der Waals surface area (Å²) < 4.78 is 23.9. The van der Waals surface area contributed by atoms with E-state index in [0.717, 1.165) is 0 Å². The van der Waals surface area contributed by atoms with Crippen LogP contribution < -0.4 is 0 Å². The maximum absolute atomic E-state index is 13.8. The minimum atomic E-state index is -0.616. The predicted molar refractivity (Wildman–Crippen MR) is 78.5 cm³/mol. The van der Waals surface area contributed by atoms with Gasteiger partial charge in [0.15, 0.2) is 0 Å². The number of rotatable bonds is 7. The number of carbonyl (C=O) groups is 2. The van der Waals surface area contributed by atoms with Crippen LogP contribution in [0.25, 0.3) is 0 Å². The highest BCUT2D eigenvalue weighted by Crippen LogP contribution is 2.17. The summed E-state index contributed by atoms with van der Waals surface area (Å²) in [5, 5.41) is 0. The molecule has 0 aromatic heterocycles. The Morgan fingerprint density at radius 2 is 2.00 bits per heavy atom. The largest absolute Gasteiger partial charge is 0.469 e. The number of benzene rings is 1. The summed E-state index contributed by atoms with van der Waals surface area (Å²) >= 11 is 3.14. The van der Waals surface area contributed by atoms with Gasteiger partial charge in [0.25, 0.3) is 5.91 Å². The van der Waals surface area contributed by atoms with E-state index in [4.69, 9.17) is 4.74 Å². The van der Waals surface area contributed by atoms with E-state index in [9.17, 15) is 14.0 Å². The first-order valence-corrected chi connectivity index (χ1v) is 7.09. The van der Waals surface area contributed by atoms with E-state index in [1.165, 1.54) is 31.3 Å². The van der Waals surface area contributed by atoms with Crippen LogP contribution >= 0.6 is 15.9 Å². The number of amides is 1. The molecule has 0 unspecified atom stereocenters. The van der Waals surface area contributed by atoms with Crippen molar-refractivity contribution in [1.29, 1.82) is 0 Å². The number of esters is 1. The Morgan fingerprint density at radius 1 is 1.29 bits per heavy atom. The van der Waals surface area contributed by atoms with E-state index < -0.39 is 17.7 Å². The molecule has 1 amide bonds. The molecule has 1 rings (SSSR count). The lowest BCUT2D eigenvalue weighted by Crippen LogP contribution is -2.36. The average Bonchev–Trinajstić information content (AvgIpc) is 2.46. The Balaban J connectivity index is 2.85. The highest BCUT2D eigenvalue weighted by Gasteiger charge is 2.20. The van der Waals surface area contributed by atoms with Gasteiger partial charge in [-0.05, 0) is 18.2 Å². The summed E-state index contributed by atoms with van der Waals surface area (Å²) in [5.74, 6) is -1.53. The van der Waals surface area contributed by atoms with Crippen LogP contribution in [0.3, 0.4) is 0 Å². The van der Waals surface area contributed by atoms with Gasteiger partial charge in [0.1, 0.15) is 5.82 Å². The summed E-state index contributed by atoms with van der Waals surface area (Å²) in [6, 6.07) is 4.22. The van der Waals surface area contributed by atoms with Crippen molar-refractivity contribution >= 4 is 27.8 Å². The van der Waals surface area contributed by atoms with E-state index in [2.05, 4.69) is 20.7 Å². The molecule has 0 saturated carbocycles. The first-order chi connectivity index (χ1) is 9.99. The zero-order valence-corrected chi connectivity index (χ0v) is 13.5. The van der Waals surface area contributed by atoms with E-state index >= 15 is 0 Å². The number of halogens is 2. The van der Waals surface area contributed by atoms with Crippen molar-refractivity contribution in [2.24, 2.45) is 0 Å². The normalized spacial score (nSPS) is 10.3. The van der Waals surface area contributed by atoms with Crippen molar-refractivity contribution in [3.8, 4) is 0 Å². The molecule has 5 nitrogen and oxygen atoms in total. The van der Waals surface area contributed by atoms with Crippen LogP contribution in [0, 0.1) is 5.82 Å². The van der Waals surface area contributed by atoms with Crippen molar-refractivity contribution in [3.63, 3.8) is 0 Å². The van der Waals surface area contributed by atoms with Gasteiger partial charge in [-0.1, -0.05) is 15.9 Å². The third kappa shape index (κ3) is 5.43. The van der Waals surface area contributed by atoms with Crippen LogP contribution in [0.15, 0.2) is 22.7 Å². The van der Waals surface area contributed by atoms with E-state index in [1.807, 2.05) is 0 Å². The molecule has 0 heterocycles. The predicted octanol–water partition coefficient (Wildman–Crippen LogP) is 2.24. The minimum Gasteiger partial charge on any atom is -0.469 e. The van der Waals surface area contributed by atoms with Gasteiger partial charge in [0.2, 0.25) is 0 Å². The van der Waals surface area contributed by atoms with Gasteiger partial charge in [0.05, 0.1) is 25.7 Å². The Bertz CT molecular complexity index is 510. The lowest BCUT2D eigenvalue weighted by molar-refractivity contribution is -0.140. The van der Waals surface area contributed by atoms with Crippen molar-refractivity contribution in [1.82, 2.24) is 4.90 Å². The van der Waals surface area contributed by atoms with Crippen LogP contribution in [0.2, 0.25) is 0 Å². The average molecular weight is 362 g/mol. The number of methoxy groups -OCH3 is 2. The number of carbonyl (C=O) groups excluding carboxylic acids is 2. The minimum absolute atomic E-state index is 0.0424. The highest BCUT2D eigenvalue weighted by atomic mass is 79.9. The molecule has 0 spiro atoms. The zero-order chi connectivity index (χ0) is 15.8. The highest BCUT2D eigenvalue weighted by molar-refractivity contribution is 9.10. The molecule has 0 aliphatic heterocycles. The topological polar surface area (TPSA) is 55.8 Å². The fourth-order valence-corrected chi connectivity index (χ4v) is 2.01. The fraction of sp³-hybridized carbons (Fsp3) is 0.429. The lowest BCUT2D eigenvalue weighted by Gasteiger charge is -2.22. The Morgan fingerprint density at radius 3 is 2.57 bits per heavy atom. The SMILES string of the molecule is COCCN(CCC(=O)OC)C(=O)c1ccc(Br)cc1F. The van der Waals surface area contributed by atoms with Crippen LogP contribution in [-0.4, -0.2) is 50.7 Å². The molecule has 0 bridgehead atoms. The van der Waals surface area contributed by atoms with E-state index in [0.29, 0.717) is 11.1 Å². The van der Waals surface area contributed by atoms with Gasteiger partial charge < -0.3 is 14.4 Å². The van der Waals surface area contributed by atoms with Crippen LogP contribution in [-0.2, 0) is 14.3 Å². The fourth-order valence-electron chi connectivity index (χ4n) is 1.68. The van der Waals surface area contributed by atoms with Gasteiger partial charge >= 0.3 is 5.97 Å². The molecule has 7 heteroatoms. The maximum Gasteiger partial charge on any atom is 0.307 e. The zero-order valence-electron chi connectivity index (χ0n) is 11.9. The number of ether oxygens (including phenoxy) is 2. The van der Waals surface area contributed by atoms with Crippen LogP contribution in [0.1, 0.15) is 16.8 Å². The molecule has 0 aliphatic carbocycles. The second kappa shape index (κ2) is 8.74. The molecule has 0 N–H and O–H groups in total. The quantitative estimate of drug-likeness (QED) is 0.699.